The highest BCUT2D eigenvalue weighted by molar-refractivity contribution is 6.44. The van der Waals surface area contributed by atoms with Gasteiger partial charge in [-0.2, -0.15) is 0 Å². The molecule has 52 heavy (non-hydrogen) atoms. The number of hydrogen-bond acceptors (Lipinski definition) is 11. The van der Waals surface area contributed by atoms with E-state index in [1.807, 2.05) is 0 Å². The lowest BCUT2D eigenvalue weighted by Crippen LogP contribution is -2.57. The molecule has 0 aromatic heterocycles. The maximum atomic E-state index is 13.5. The molecule has 1 saturated carbocycles. The Hall–Kier alpha value is -5.44. The van der Waals surface area contributed by atoms with Crippen LogP contribution in [-0.2, 0) is 40.0 Å². The predicted molar refractivity (Wildman–Crippen MR) is 185 cm³/mol. The second kappa shape index (κ2) is 21.1. The van der Waals surface area contributed by atoms with Gasteiger partial charge < -0.3 is 64.0 Å². The summed E-state index contributed by atoms with van der Waals surface area (Å²) in [7, 11) is -1.69. The van der Waals surface area contributed by atoms with Gasteiger partial charge in [0.25, 0.3) is 0 Å². The maximum absolute atomic E-state index is 13.5. The van der Waals surface area contributed by atoms with Crippen LogP contribution in [0.5, 0.6) is 5.75 Å². The zero-order chi connectivity index (χ0) is 39.0. The number of carboxylic acid groups (broad SMARTS) is 1. The molecule has 1 aromatic rings. The molecule has 21 heteroatoms. The number of amides is 6. The monoisotopic (exact) mass is 733 g/mol. The molecule has 6 amide bonds. The van der Waals surface area contributed by atoms with Crippen LogP contribution in [0.15, 0.2) is 29.3 Å². The highest BCUT2D eigenvalue weighted by atomic mass is 16.4. The van der Waals surface area contributed by atoms with Crippen LogP contribution in [-0.4, -0.2) is 112 Å². The van der Waals surface area contributed by atoms with Crippen LogP contribution in [0.4, 0.5) is 0 Å². The van der Waals surface area contributed by atoms with Gasteiger partial charge in [-0.3, -0.25) is 33.8 Å². The van der Waals surface area contributed by atoms with Gasteiger partial charge in [-0.25, -0.2) is 4.79 Å². The predicted octanol–water partition coefficient (Wildman–Crippen LogP) is -3.94. The first-order valence-corrected chi connectivity index (χ1v) is 16.7. The second-order valence-corrected chi connectivity index (χ2v) is 12.5. The molecule has 1 aliphatic rings. The zero-order valence-corrected chi connectivity index (χ0v) is 28.7. The van der Waals surface area contributed by atoms with Crippen molar-refractivity contribution in [1.29, 1.82) is 0 Å². The molecule has 15 N–H and O–H groups in total. The first kappa shape index (κ1) is 42.7. The summed E-state index contributed by atoms with van der Waals surface area (Å²) in [6.07, 6.45) is 0.789. The summed E-state index contributed by atoms with van der Waals surface area (Å²) in [5, 5.41) is 50.3. The fraction of sp³-hybridized carbons (Fsp3) is 0.548. The minimum atomic E-state index is -1.69. The molecular formula is C31H48BN9O11. The Labute approximate surface area is 299 Å². The van der Waals surface area contributed by atoms with Crippen LogP contribution < -0.4 is 43.8 Å². The van der Waals surface area contributed by atoms with Crippen molar-refractivity contribution in [3.05, 3.63) is 29.8 Å². The van der Waals surface area contributed by atoms with Crippen molar-refractivity contribution >= 4 is 54.5 Å². The third kappa shape index (κ3) is 14.8. The van der Waals surface area contributed by atoms with E-state index in [1.54, 1.807) is 0 Å². The van der Waals surface area contributed by atoms with E-state index >= 15 is 0 Å². The Kier molecular flexibility index (Phi) is 17.3. The van der Waals surface area contributed by atoms with Crippen molar-refractivity contribution in [3.63, 3.8) is 0 Å². The van der Waals surface area contributed by atoms with E-state index in [1.165, 1.54) is 31.2 Å². The van der Waals surface area contributed by atoms with Gasteiger partial charge in [-0.1, -0.05) is 25.0 Å². The number of carbonyl (C=O) groups excluding carboxylic acids is 6. The Balaban J connectivity index is 2.11. The van der Waals surface area contributed by atoms with Gasteiger partial charge in [0.1, 0.15) is 29.9 Å². The number of carboxylic acids is 1. The number of rotatable bonds is 21. The summed E-state index contributed by atoms with van der Waals surface area (Å²) in [4.78, 5) is 92.4. The van der Waals surface area contributed by atoms with Crippen molar-refractivity contribution in [1.82, 2.24) is 26.6 Å². The molecule has 2 rings (SSSR count). The molecule has 1 fully saturated rings. The Morgan fingerprint density at radius 1 is 0.865 bits per heavy atom. The van der Waals surface area contributed by atoms with E-state index in [0.717, 1.165) is 0 Å². The maximum Gasteiger partial charge on any atom is 0.455 e. The van der Waals surface area contributed by atoms with E-state index in [9.17, 15) is 53.8 Å². The quantitative estimate of drug-likeness (QED) is 0.0249. The first-order valence-electron chi connectivity index (χ1n) is 16.7. The third-order valence-corrected chi connectivity index (χ3v) is 8.36. The number of phenolic OH excluding ortho intramolecular Hbond substituents is 1. The van der Waals surface area contributed by atoms with E-state index in [-0.39, 0.29) is 50.4 Å². The van der Waals surface area contributed by atoms with Crippen LogP contribution in [0.25, 0.3) is 0 Å². The molecule has 1 aromatic carbocycles. The van der Waals surface area contributed by atoms with Gasteiger partial charge >= 0.3 is 13.1 Å². The highest BCUT2D eigenvalue weighted by Gasteiger charge is 2.40. The van der Waals surface area contributed by atoms with Gasteiger partial charge in [-0.05, 0) is 50.3 Å². The first-order chi connectivity index (χ1) is 24.5. The van der Waals surface area contributed by atoms with E-state index in [4.69, 9.17) is 17.2 Å². The number of nitrogens with zero attached hydrogens (tertiary/aromatic N) is 1. The highest BCUT2D eigenvalue weighted by Crippen LogP contribution is 2.37. The summed E-state index contributed by atoms with van der Waals surface area (Å²) < 4.78 is 0. The molecule has 6 atom stereocenters. The molecule has 0 aliphatic heterocycles. The van der Waals surface area contributed by atoms with Gasteiger partial charge in [0.15, 0.2) is 5.96 Å². The second-order valence-electron chi connectivity index (χ2n) is 12.5. The number of nitrogens with one attached hydrogen (secondary N) is 5. The average Bonchev–Trinajstić information content (AvgIpc) is 3.58. The SMILES string of the molecule is C[C@H](NC(=O)[C@H](CCC(N)=O)NC(=O)[C@H](CCCN=C(N)N)NC(=O)CNC(=O)C1CCCC1B(O)O)C(=O)N[C@@H](Cc1ccc(O)cc1)C(=O)O. The molecule has 0 radical (unpaired) electrons. The number of primary amides is 1. The lowest BCUT2D eigenvalue weighted by molar-refractivity contribution is -0.142. The molecule has 2 unspecified atom stereocenters. The topological polar surface area (TPSA) is 351 Å². The van der Waals surface area contributed by atoms with Crippen molar-refractivity contribution < 1.29 is 53.8 Å². The molecule has 0 saturated heterocycles. The van der Waals surface area contributed by atoms with Crippen LogP contribution >= 0.6 is 0 Å². The summed E-state index contributed by atoms with van der Waals surface area (Å²) >= 11 is 0. The summed E-state index contributed by atoms with van der Waals surface area (Å²) in [5.41, 5.74) is 16.5. The number of guanidine groups is 1. The molecule has 286 valence electrons. The Morgan fingerprint density at radius 3 is 2.08 bits per heavy atom. The number of aliphatic carboxylic acids is 1. The summed E-state index contributed by atoms with van der Waals surface area (Å²) in [5.74, 6) is -7.79. The molecule has 0 heterocycles. The fourth-order valence-electron chi connectivity index (χ4n) is 5.56. The van der Waals surface area contributed by atoms with Crippen LogP contribution in [0.1, 0.15) is 57.4 Å². The fourth-order valence-corrected chi connectivity index (χ4v) is 5.56. The third-order valence-electron chi connectivity index (χ3n) is 8.36. The standard InChI is InChI=1S/C31H48BN9O11/c1-16(26(45)41-23(30(49)50)14-17-7-9-18(42)10-8-17)38-28(47)22(11-12-24(33)43)40-29(48)21(6-3-13-36-31(34)35)39-25(44)15-37-27(46)19-4-2-5-20(19)32(51)52/h7-10,16,19-23,42,51-52H,2-6,11-15H2,1H3,(H2,33,43)(H,37,46)(H,38,47)(H,39,44)(H,40,48)(H,41,45)(H,49,50)(H4,34,35,36)/t16-,19?,20?,21-,22-,23-/m0/s1. The molecule has 0 bridgehead atoms. The molecule has 20 nitrogen and oxygen atoms in total. The summed E-state index contributed by atoms with van der Waals surface area (Å²) in [6.45, 7) is 0.798. The van der Waals surface area contributed by atoms with Gasteiger partial charge in [0, 0.05) is 31.1 Å². The van der Waals surface area contributed by atoms with Gasteiger partial charge in [-0.15, -0.1) is 0 Å². The zero-order valence-electron chi connectivity index (χ0n) is 28.7. The van der Waals surface area contributed by atoms with Crippen LogP contribution in [0, 0.1) is 5.92 Å². The van der Waals surface area contributed by atoms with Crippen molar-refractivity contribution in [2.24, 2.45) is 28.1 Å². The lowest BCUT2D eigenvalue weighted by atomic mass is 9.67. The van der Waals surface area contributed by atoms with E-state index in [2.05, 4.69) is 31.6 Å². The minimum Gasteiger partial charge on any atom is -0.508 e. The van der Waals surface area contributed by atoms with Crippen molar-refractivity contribution in [2.75, 3.05) is 13.1 Å². The number of benzene rings is 1. The van der Waals surface area contributed by atoms with Crippen molar-refractivity contribution in [2.45, 2.75) is 88.3 Å². The van der Waals surface area contributed by atoms with E-state index in [0.29, 0.717) is 24.8 Å². The smallest absolute Gasteiger partial charge is 0.455 e. The number of hydrogen-bond donors (Lipinski definition) is 12. The Morgan fingerprint density at radius 2 is 1.48 bits per heavy atom. The lowest BCUT2D eigenvalue weighted by Gasteiger charge is -2.25. The van der Waals surface area contributed by atoms with Gasteiger partial charge in [0.2, 0.25) is 35.4 Å². The van der Waals surface area contributed by atoms with Crippen LogP contribution in [0.2, 0.25) is 5.82 Å². The van der Waals surface area contributed by atoms with Crippen molar-refractivity contribution in [3.8, 4) is 5.75 Å². The van der Waals surface area contributed by atoms with Crippen LogP contribution in [0.3, 0.4) is 0 Å². The molecule has 0 spiro atoms. The number of phenols is 1. The largest absolute Gasteiger partial charge is 0.508 e. The van der Waals surface area contributed by atoms with E-state index < -0.39 is 91.0 Å². The molecule has 1 aliphatic carbocycles. The average molecular weight is 734 g/mol. The number of carbonyl (C=O) groups is 7. The summed E-state index contributed by atoms with van der Waals surface area (Å²) in [6, 6.07) is 0.238. The van der Waals surface area contributed by atoms with Gasteiger partial charge in [0.05, 0.1) is 6.54 Å². The normalized spacial score (nSPS) is 17.3. The number of aliphatic imine (C=N–C) groups is 1. The minimum absolute atomic E-state index is 0.0310. The number of nitrogens with two attached hydrogens (primary N) is 3. The Bertz CT molecular complexity index is 1460. The molecular weight excluding hydrogens is 685 g/mol. The number of aromatic hydroxyl groups is 1.